The third kappa shape index (κ3) is 7.61. The molecule has 9 nitrogen and oxygen atoms in total. The van der Waals surface area contributed by atoms with Crippen LogP contribution in [0.4, 0.5) is 4.39 Å². The van der Waals surface area contributed by atoms with Crippen LogP contribution in [-0.2, 0) is 22.7 Å². The molecule has 2 aromatic rings. The number of carbonyl (C=O) groups excluding carboxylic acids is 2. The first-order valence-corrected chi connectivity index (χ1v) is 17.8. The topological polar surface area (TPSA) is 105 Å². The average Bonchev–Trinajstić information content (AvgIpc) is 3.04. The maximum absolute atomic E-state index is 14.6. The molecule has 2 heterocycles. The Hall–Kier alpha value is -3.21. The van der Waals surface area contributed by atoms with Crippen LogP contribution in [0.15, 0.2) is 57.8 Å². The Balaban J connectivity index is 1.17. The molecule has 2 aliphatic carbocycles. The highest BCUT2D eigenvalue weighted by Gasteiger charge is 2.55. The summed E-state index contributed by atoms with van der Waals surface area (Å²) in [7, 11) is 0. The molecule has 49 heavy (non-hydrogen) atoms. The molecule has 1 aliphatic heterocycles. The molecular weight excluding hydrogens is 670 g/mol. The van der Waals surface area contributed by atoms with Gasteiger partial charge in [-0.25, -0.2) is 4.79 Å². The molecule has 266 valence electrons. The summed E-state index contributed by atoms with van der Waals surface area (Å²) in [6.07, 6.45) is 7.63. The Morgan fingerprint density at radius 1 is 1.08 bits per heavy atom. The number of halogens is 3. The van der Waals surface area contributed by atoms with Gasteiger partial charge in [0.1, 0.15) is 6.54 Å². The van der Waals surface area contributed by atoms with Gasteiger partial charge in [0, 0.05) is 42.3 Å². The summed E-state index contributed by atoms with van der Waals surface area (Å²) in [5.74, 6) is -0.945. The number of aromatic nitrogens is 2. The maximum atomic E-state index is 14.6. The largest absolute Gasteiger partial charge is 0.393 e. The second-order valence-electron chi connectivity index (χ2n) is 14.9. The van der Waals surface area contributed by atoms with E-state index in [9.17, 15) is 28.7 Å². The lowest BCUT2D eigenvalue weighted by Crippen LogP contribution is -2.54. The SMILES string of the molecule is C=C1CC[C@@H]2C(C)(C)[C@H](O)CC[C@@]2(C)[C@@H]1CC/C(C)=C/C(=O)N1CCN(C(=O)Cn2cc(F)c(=O)n(Cc3ccc(Cl)cc3Cl)c2=O)CC1. The molecule has 1 aromatic carbocycles. The zero-order valence-electron chi connectivity index (χ0n) is 28.8. The van der Waals surface area contributed by atoms with Crippen molar-refractivity contribution in [2.24, 2.45) is 22.7 Å². The number of nitrogens with zero attached hydrogens (tertiary/aromatic N) is 4. The minimum atomic E-state index is -1.17. The standard InChI is InChI=1S/C37H47Cl2FN4O5/c1-23(6-10-27-24(2)7-11-30-36(3,4)31(45)12-13-37(27,30)5)18-32(46)41-14-16-42(17-15-41)33(47)22-43-21-29(40)34(48)44(35(43)49)20-25-8-9-26(38)19-28(25)39/h8-9,18-19,21,27,30-31,45H,2,6-7,10-17,20,22H2,1,3-5H3/b23-18+/t27-,30-,31-,37+/m1/s1. The van der Waals surface area contributed by atoms with Gasteiger partial charge in [0.2, 0.25) is 17.6 Å². The molecule has 0 radical (unpaired) electrons. The van der Waals surface area contributed by atoms with Crippen molar-refractivity contribution in [3.8, 4) is 0 Å². The van der Waals surface area contributed by atoms with E-state index in [0.29, 0.717) is 40.1 Å². The zero-order chi connectivity index (χ0) is 35.8. The molecule has 12 heteroatoms. The highest BCUT2D eigenvalue weighted by Crippen LogP contribution is 2.61. The van der Waals surface area contributed by atoms with Crippen LogP contribution < -0.4 is 11.2 Å². The van der Waals surface area contributed by atoms with E-state index >= 15 is 0 Å². The Bertz CT molecular complexity index is 1780. The van der Waals surface area contributed by atoms with Crippen molar-refractivity contribution in [2.75, 3.05) is 26.2 Å². The van der Waals surface area contributed by atoms with E-state index in [2.05, 4.69) is 27.4 Å². The number of rotatable bonds is 8. The van der Waals surface area contributed by atoms with Crippen molar-refractivity contribution in [1.82, 2.24) is 18.9 Å². The minimum absolute atomic E-state index is 0.0732. The number of piperazine rings is 1. The van der Waals surface area contributed by atoms with Crippen molar-refractivity contribution in [2.45, 2.75) is 85.4 Å². The van der Waals surface area contributed by atoms with Gasteiger partial charge in [0.25, 0.3) is 5.56 Å². The van der Waals surface area contributed by atoms with Crippen LogP contribution in [0.1, 0.15) is 71.8 Å². The normalized spacial score (nSPS) is 25.7. The quantitative estimate of drug-likeness (QED) is 0.280. The lowest BCUT2D eigenvalue weighted by atomic mass is 9.46. The fourth-order valence-electron chi connectivity index (χ4n) is 8.56. The highest BCUT2D eigenvalue weighted by molar-refractivity contribution is 6.35. The van der Waals surface area contributed by atoms with E-state index in [0.717, 1.165) is 54.9 Å². The van der Waals surface area contributed by atoms with Crippen molar-refractivity contribution in [3.63, 3.8) is 0 Å². The Labute approximate surface area is 297 Å². The molecule has 1 N–H and O–H groups in total. The van der Waals surface area contributed by atoms with E-state index in [-0.39, 0.29) is 47.5 Å². The maximum Gasteiger partial charge on any atom is 0.331 e. The van der Waals surface area contributed by atoms with E-state index < -0.39 is 29.5 Å². The van der Waals surface area contributed by atoms with Gasteiger partial charge in [-0.2, -0.15) is 4.39 Å². The van der Waals surface area contributed by atoms with Gasteiger partial charge in [-0.1, -0.05) is 67.8 Å². The number of aliphatic hydroxyl groups excluding tert-OH is 1. The summed E-state index contributed by atoms with van der Waals surface area (Å²) in [5.41, 5.74) is 0.647. The van der Waals surface area contributed by atoms with Gasteiger partial charge in [-0.05, 0) is 85.8 Å². The molecule has 2 amide bonds. The van der Waals surface area contributed by atoms with Crippen molar-refractivity contribution in [3.05, 3.63) is 90.5 Å². The van der Waals surface area contributed by atoms with Crippen LogP contribution in [0.2, 0.25) is 10.0 Å². The van der Waals surface area contributed by atoms with Crippen LogP contribution in [-0.4, -0.2) is 68.1 Å². The van der Waals surface area contributed by atoms with Gasteiger partial charge in [-0.15, -0.1) is 0 Å². The summed E-state index contributed by atoms with van der Waals surface area (Å²) in [6, 6.07) is 4.55. The molecule has 0 bridgehead atoms. The van der Waals surface area contributed by atoms with Gasteiger partial charge in [-0.3, -0.25) is 23.5 Å². The van der Waals surface area contributed by atoms with E-state index in [1.807, 2.05) is 6.92 Å². The third-order valence-electron chi connectivity index (χ3n) is 11.5. The fraction of sp³-hybridized carbons (Fsp3) is 0.568. The number of amides is 2. The van der Waals surface area contributed by atoms with Gasteiger partial charge in [0.15, 0.2) is 0 Å². The third-order valence-corrected chi connectivity index (χ3v) is 12.1. The highest BCUT2D eigenvalue weighted by atomic mass is 35.5. The minimum Gasteiger partial charge on any atom is -0.393 e. The molecule has 0 unspecified atom stereocenters. The predicted octanol–water partition coefficient (Wildman–Crippen LogP) is 5.67. The Morgan fingerprint density at radius 2 is 1.76 bits per heavy atom. The second-order valence-corrected chi connectivity index (χ2v) is 15.8. The number of allylic oxidation sites excluding steroid dienone is 2. The smallest absolute Gasteiger partial charge is 0.331 e. The number of benzene rings is 1. The van der Waals surface area contributed by atoms with Crippen molar-refractivity contribution >= 4 is 35.0 Å². The summed E-state index contributed by atoms with van der Waals surface area (Å²) >= 11 is 12.1. The second kappa shape index (κ2) is 14.6. The molecule has 2 saturated carbocycles. The average molecular weight is 718 g/mol. The van der Waals surface area contributed by atoms with Gasteiger partial charge >= 0.3 is 5.69 Å². The number of hydrogen-bond donors (Lipinski definition) is 1. The summed E-state index contributed by atoms with van der Waals surface area (Å²) in [5, 5.41) is 11.3. The number of fused-ring (bicyclic) bond motifs is 1. The summed E-state index contributed by atoms with van der Waals surface area (Å²) in [4.78, 5) is 55.2. The van der Waals surface area contributed by atoms with Crippen LogP contribution in [0, 0.1) is 28.5 Å². The van der Waals surface area contributed by atoms with Crippen molar-refractivity contribution < 1.29 is 19.1 Å². The van der Waals surface area contributed by atoms with E-state index in [1.54, 1.807) is 23.1 Å². The van der Waals surface area contributed by atoms with E-state index in [1.165, 1.54) is 16.5 Å². The molecule has 3 aliphatic rings. The van der Waals surface area contributed by atoms with Crippen LogP contribution in [0.25, 0.3) is 0 Å². The van der Waals surface area contributed by atoms with Crippen LogP contribution in [0.3, 0.4) is 0 Å². The molecule has 5 rings (SSSR count). The number of hydrogen-bond acceptors (Lipinski definition) is 5. The first-order valence-electron chi connectivity index (χ1n) is 17.1. The van der Waals surface area contributed by atoms with Gasteiger partial charge < -0.3 is 14.9 Å². The molecule has 3 fully saturated rings. The predicted molar refractivity (Wildman–Crippen MR) is 189 cm³/mol. The first kappa shape index (κ1) is 37.1. The van der Waals surface area contributed by atoms with Crippen molar-refractivity contribution in [1.29, 1.82) is 0 Å². The van der Waals surface area contributed by atoms with Crippen LogP contribution >= 0.6 is 23.2 Å². The fourth-order valence-corrected chi connectivity index (χ4v) is 9.03. The monoisotopic (exact) mass is 716 g/mol. The van der Waals surface area contributed by atoms with E-state index in [4.69, 9.17) is 23.2 Å². The molecule has 1 saturated heterocycles. The summed E-state index contributed by atoms with van der Waals surface area (Å²) < 4.78 is 16.2. The lowest BCUT2D eigenvalue weighted by Gasteiger charge is -2.59. The Kier molecular flexibility index (Phi) is 11.0. The first-order chi connectivity index (χ1) is 23.0. The number of aliphatic hydroxyl groups is 1. The molecule has 4 atom stereocenters. The van der Waals surface area contributed by atoms with Crippen LogP contribution in [0.5, 0.6) is 0 Å². The lowest BCUT2D eigenvalue weighted by molar-refractivity contribution is -0.137. The van der Waals surface area contributed by atoms with Gasteiger partial charge in [0.05, 0.1) is 18.8 Å². The summed E-state index contributed by atoms with van der Waals surface area (Å²) in [6.45, 7) is 13.6. The molecule has 0 spiro atoms. The number of carbonyl (C=O) groups is 2. The Morgan fingerprint density at radius 3 is 2.43 bits per heavy atom. The molecule has 1 aromatic heterocycles. The molecular formula is C37H47Cl2FN4O5. The zero-order valence-corrected chi connectivity index (χ0v) is 30.3.